The Balaban J connectivity index is 1.51. The second-order valence-corrected chi connectivity index (χ2v) is 7.07. The molecule has 2 fully saturated rings. The van der Waals surface area contributed by atoms with E-state index in [1.807, 2.05) is 0 Å². The first-order chi connectivity index (χ1) is 12.4. The molecule has 144 valence electrons. The zero-order chi connectivity index (χ0) is 18.6. The van der Waals surface area contributed by atoms with Crippen molar-refractivity contribution in [2.75, 3.05) is 45.9 Å². The van der Waals surface area contributed by atoms with Gasteiger partial charge in [0.15, 0.2) is 0 Å². The summed E-state index contributed by atoms with van der Waals surface area (Å²) in [5, 5.41) is 0. The number of hydrogen-bond acceptors (Lipinski definition) is 3. The maximum absolute atomic E-state index is 13.1. The van der Waals surface area contributed by atoms with E-state index in [4.69, 9.17) is 4.74 Å². The lowest BCUT2D eigenvalue weighted by molar-refractivity contribution is -0.138. The molecule has 0 bridgehead atoms. The van der Waals surface area contributed by atoms with Crippen molar-refractivity contribution < 1.29 is 22.7 Å². The Labute approximate surface area is 151 Å². The number of ether oxygens (including phenoxy) is 1. The third-order valence-electron chi connectivity index (χ3n) is 5.25. The van der Waals surface area contributed by atoms with Crippen LogP contribution in [0.25, 0.3) is 0 Å². The fourth-order valence-corrected chi connectivity index (χ4v) is 3.70. The first-order valence-corrected chi connectivity index (χ1v) is 9.16. The Hall–Kier alpha value is -1.60. The summed E-state index contributed by atoms with van der Waals surface area (Å²) in [6.45, 7) is 5.38. The van der Waals surface area contributed by atoms with Crippen LogP contribution in [0.3, 0.4) is 0 Å². The van der Waals surface area contributed by atoms with E-state index in [1.54, 1.807) is 11.0 Å². The molecule has 1 amide bonds. The van der Waals surface area contributed by atoms with Gasteiger partial charge in [-0.05, 0) is 30.4 Å². The molecule has 4 nitrogen and oxygen atoms in total. The minimum Gasteiger partial charge on any atom is -0.381 e. The SMILES string of the molecule is O=C(Cc1ccccc1C(F)(F)F)N1CCN(CC2CCOCC2)CC1. The number of amides is 1. The minimum absolute atomic E-state index is 0.0506. The standard InChI is InChI=1S/C19H25F3N2O2/c20-19(21,22)17-4-2-1-3-16(17)13-18(25)24-9-7-23(8-10-24)14-15-5-11-26-12-6-15/h1-4,15H,5-14H2. The molecule has 0 aliphatic carbocycles. The lowest BCUT2D eigenvalue weighted by atomic mass is 9.99. The first kappa shape index (κ1) is 19.2. The second kappa shape index (κ2) is 8.39. The predicted octanol–water partition coefficient (Wildman–Crippen LogP) is 2.82. The van der Waals surface area contributed by atoms with Crippen LogP contribution in [0.2, 0.25) is 0 Å². The molecule has 0 N–H and O–H groups in total. The number of hydrogen-bond donors (Lipinski definition) is 0. The monoisotopic (exact) mass is 370 g/mol. The average Bonchev–Trinajstić information content (AvgIpc) is 2.63. The van der Waals surface area contributed by atoms with Crippen LogP contribution in [0.5, 0.6) is 0 Å². The number of benzene rings is 1. The molecule has 1 aromatic rings. The Morgan fingerprint density at radius 2 is 1.73 bits per heavy atom. The van der Waals surface area contributed by atoms with Gasteiger partial charge >= 0.3 is 6.18 Å². The molecular formula is C19H25F3N2O2. The third kappa shape index (κ3) is 4.98. The third-order valence-corrected chi connectivity index (χ3v) is 5.25. The van der Waals surface area contributed by atoms with Crippen LogP contribution < -0.4 is 0 Å². The van der Waals surface area contributed by atoms with Gasteiger partial charge in [0.05, 0.1) is 12.0 Å². The quantitative estimate of drug-likeness (QED) is 0.817. The van der Waals surface area contributed by atoms with E-state index in [0.29, 0.717) is 19.0 Å². The zero-order valence-electron chi connectivity index (χ0n) is 14.8. The molecule has 0 aromatic heterocycles. The van der Waals surface area contributed by atoms with Crippen LogP contribution in [-0.2, 0) is 22.1 Å². The molecule has 2 aliphatic rings. The summed E-state index contributed by atoms with van der Waals surface area (Å²) in [6.07, 6.45) is -2.48. The number of alkyl halides is 3. The van der Waals surface area contributed by atoms with Crippen LogP contribution in [-0.4, -0.2) is 61.6 Å². The summed E-state index contributed by atoms with van der Waals surface area (Å²) >= 11 is 0. The number of halogens is 3. The van der Waals surface area contributed by atoms with Crippen LogP contribution in [0.4, 0.5) is 13.2 Å². The molecule has 1 aromatic carbocycles. The van der Waals surface area contributed by atoms with E-state index in [-0.39, 0.29) is 17.9 Å². The zero-order valence-corrected chi connectivity index (χ0v) is 14.8. The van der Waals surface area contributed by atoms with Crippen molar-refractivity contribution in [2.45, 2.75) is 25.4 Å². The summed E-state index contributed by atoms with van der Waals surface area (Å²) in [5.74, 6) is 0.414. The van der Waals surface area contributed by atoms with Gasteiger partial charge in [-0.1, -0.05) is 18.2 Å². The van der Waals surface area contributed by atoms with Gasteiger partial charge in [0.1, 0.15) is 0 Å². The van der Waals surface area contributed by atoms with Gasteiger partial charge < -0.3 is 9.64 Å². The van der Waals surface area contributed by atoms with Crippen LogP contribution in [0.15, 0.2) is 24.3 Å². The fourth-order valence-electron chi connectivity index (χ4n) is 3.70. The highest BCUT2D eigenvalue weighted by Gasteiger charge is 2.34. The molecule has 0 saturated carbocycles. The van der Waals surface area contributed by atoms with Gasteiger partial charge in [0.25, 0.3) is 0 Å². The maximum atomic E-state index is 13.1. The van der Waals surface area contributed by atoms with Crippen LogP contribution in [0, 0.1) is 5.92 Å². The summed E-state index contributed by atoms with van der Waals surface area (Å²) < 4.78 is 44.6. The highest BCUT2D eigenvalue weighted by atomic mass is 19.4. The summed E-state index contributed by atoms with van der Waals surface area (Å²) in [7, 11) is 0. The first-order valence-electron chi connectivity index (χ1n) is 9.16. The second-order valence-electron chi connectivity index (χ2n) is 7.07. The lowest BCUT2D eigenvalue weighted by Crippen LogP contribution is -2.50. The van der Waals surface area contributed by atoms with Gasteiger partial charge in [-0.2, -0.15) is 13.2 Å². The molecule has 26 heavy (non-hydrogen) atoms. The number of piperazine rings is 1. The Morgan fingerprint density at radius 3 is 2.38 bits per heavy atom. The Morgan fingerprint density at radius 1 is 1.08 bits per heavy atom. The molecule has 0 spiro atoms. The van der Waals surface area contributed by atoms with E-state index in [0.717, 1.165) is 51.8 Å². The molecule has 3 rings (SSSR count). The number of carbonyl (C=O) groups is 1. The smallest absolute Gasteiger partial charge is 0.381 e. The molecule has 7 heteroatoms. The minimum atomic E-state index is -4.43. The fraction of sp³-hybridized carbons (Fsp3) is 0.632. The maximum Gasteiger partial charge on any atom is 0.416 e. The van der Waals surface area contributed by atoms with Crippen molar-refractivity contribution in [3.63, 3.8) is 0 Å². The van der Waals surface area contributed by atoms with Crippen LogP contribution >= 0.6 is 0 Å². The van der Waals surface area contributed by atoms with Crippen molar-refractivity contribution in [1.82, 2.24) is 9.80 Å². The molecule has 0 unspecified atom stereocenters. The average molecular weight is 370 g/mol. The van der Waals surface area contributed by atoms with Crippen LogP contribution in [0.1, 0.15) is 24.0 Å². The normalized spacial score (nSPS) is 20.3. The molecule has 2 aliphatic heterocycles. The van der Waals surface area contributed by atoms with Crippen molar-refractivity contribution in [3.8, 4) is 0 Å². The Bertz CT molecular complexity index is 607. The van der Waals surface area contributed by atoms with Crippen molar-refractivity contribution >= 4 is 5.91 Å². The van der Waals surface area contributed by atoms with Gasteiger partial charge in [0.2, 0.25) is 5.91 Å². The molecular weight excluding hydrogens is 345 g/mol. The van der Waals surface area contributed by atoms with E-state index >= 15 is 0 Å². The molecule has 0 atom stereocenters. The topological polar surface area (TPSA) is 32.8 Å². The van der Waals surface area contributed by atoms with Gasteiger partial charge in [0, 0.05) is 45.9 Å². The summed E-state index contributed by atoms with van der Waals surface area (Å²) in [5.41, 5.74) is -0.666. The largest absolute Gasteiger partial charge is 0.416 e. The van der Waals surface area contributed by atoms with Crippen molar-refractivity contribution in [3.05, 3.63) is 35.4 Å². The molecule has 2 heterocycles. The van der Waals surface area contributed by atoms with E-state index in [2.05, 4.69) is 4.90 Å². The van der Waals surface area contributed by atoms with Gasteiger partial charge in [-0.3, -0.25) is 9.69 Å². The lowest BCUT2D eigenvalue weighted by Gasteiger charge is -2.37. The van der Waals surface area contributed by atoms with Crippen molar-refractivity contribution in [1.29, 1.82) is 0 Å². The summed E-state index contributed by atoms with van der Waals surface area (Å²) in [6, 6.07) is 5.33. The molecule has 2 saturated heterocycles. The van der Waals surface area contributed by atoms with E-state index < -0.39 is 11.7 Å². The number of carbonyl (C=O) groups excluding carboxylic acids is 1. The highest BCUT2D eigenvalue weighted by molar-refractivity contribution is 5.79. The van der Waals surface area contributed by atoms with E-state index in [9.17, 15) is 18.0 Å². The van der Waals surface area contributed by atoms with Gasteiger partial charge in [-0.25, -0.2) is 0 Å². The highest BCUT2D eigenvalue weighted by Crippen LogP contribution is 2.32. The predicted molar refractivity (Wildman–Crippen MR) is 91.7 cm³/mol. The number of nitrogens with zero attached hydrogens (tertiary/aromatic N) is 2. The molecule has 0 radical (unpaired) electrons. The number of rotatable bonds is 4. The Kier molecular flexibility index (Phi) is 6.19. The van der Waals surface area contributed by atoms with Crippen molar-refractivity contribution in [2.24, 2.45) is 5.92 Å². The van der Waals surface area contributed by atoms with Gasteiger partial charge in [-0.15, -0.1) is 0 Å². The summed E-state index contributed by atoms with van der Waals surface area (Å²) in [4.78, 5) is 16.5. The van der Waals surface area contributed by atoms with E-state index in [1.165, 1.54) is 12.1 Å².